The second-order valence-corrected chi connectivity index (χ2v) is 10.0. The molecule has 0 heteroatoms. The molecule has 0 nitrogen and oxygen atoms in total. The summed E-state index contributed by atoms with van der Waals surface area (Å²) in [6.07, 6.45) is 32.0. The third kappa shape index (κ3) is 11.2. The van der Waals surface area contributed by atoms with Crippen molar-refractivity contribution in [3.63, 3.8) is 0 Å². The van der Waals surface area contributed by atoms with E-state index >= 15 is 0 Å². The topological polar surface area (TPSA) is 0 Å². The van der Waals surface area contributed by atoms with Crippen LogP contribution >= 0.6 is 0 Å². The van der Waals surface area contributed by atoms with E-state index in [-0.39, 0.29) is 0 Å². The van der Waals surface area contributed by atoms with E-state index < -0.39 is 0 Å². The van der Waals surface area contributed by atoms with Crippen LogP contribution in [0.1, 0.15) is 66.0 Å². The largest absolute Gasteiger partial charge is 0.0990 e. The maximum Gasteiger partial charge on any atom is -0.00705 e. The monoisotopic (exact) mass is 554 g/mol. The Balaban J connectivity index is 3.75. The number of rotatable bonds is 15. The molecule has 0 saturated heterocycles. The smallest absolute Gasteiger partial charge is 0.00705 e. The number of hydrogen-bond acceptors (Lipinski definition) is 0. The Labute approximate surface area is 257 Å². The molecule has 0 atom stereocenters. The van der Waals surface area contributed by atoms with Crippen molar-refractivity contribution < 1.29 is 0 Å². The molecule has 0 aliphatic rings. The zero-order valence-corrected chi connectivity index (χ0v) is 27.0. The van der Waals surface area contributed by atoms with Crippen molar-refractivity contribution in [1.29, 1.82) is 0 Å². The van der Waals surface area contributed by atoms with E-state index in [0.29, 0.717) is 0 Å². The fourth-order valence-corrected chi connectivity index (χ4v) is 4.38. The van der Waals surface area contributed by atoms with Crippen LogP contribution in [0.5, 0.6) is 0 Å². The van der Waals surface area contributed by atoms with Gasteiger partial charge in [0.1, 0.15) is 0 Å². The number of benzene rings is 1. The molecule has 0 spiro atoms. The quantitative estimate of drug-likeness (QED) is 0.189. The van der Waals surface area contributed by atoms with Crippen molar-refractivity contribution >= 4 is 11.6 Å². The number of allylic oxidation sites excluding steroid dienone is 23. The molecule has 0 N–H and O–H groups in total. The SMILES string of the molecule is C=C/C=C(\C=C/C)C(/C)=C/C=C(CC)/C(C)=C/C=C(C)/C(=C(\C=C)C(=C)C=C)c1ccccc1\C=C/C(C)=C\C=C\C. The Morgan fingerprint density at radius 3 is 2.00 bits per heavy atom. The van der Waals surface area contributed by atoms with Gasteiger partial charge in [0.05, 0.1) is 0 Å². The maximum atomic E-state index is 4.27. The Morgan fingerprint density at radius 1 is 0.738 bits per heavy atom. The maximum absolute atomic E-state index is 4.27. The molecule has 0 heterocycles. The minimum Gasteiger partial charge on any atom is -0.0990 e. The van der Waals surface area contributed by atoms with Gasteiger partial charge in [-0.3, -0.25) is 0 Å². The third-order valence-electron chi connectivity index (χ3n) is 6.87. The molecule has 0 aliphatic heterocycles. The summed E-state index contributed by atoms with van der Waals surface area (Å²) in [5, 5.41) is 0. The van der Waals surface area contributed by atoms with Crippen LogP contribution in [0.25, 0.3) is 11.6 Å². The van der Waals surface area contributed by atoms with Crippen LogP contribution in [0.3, 0.4) is 0 Å². The molecule has 0 radical (unpaired) electrons. The van der Waals surface area contributed by atoms with Gasteiger partial charge in [-0.1, -0.05) is 154 Å². The first-order chi connectivity index (χ1) is 20.2. The van der Waals surface area contributed by atoms with Gasteiger partial charge >= 0.3 is 0 Å². The number of hydrogen-bond donors (Lipinski definition) is 0. The average Bonchev–Trinajstić information content (AvgIpc) is 3.00. The highest BCUT2D eigenvalue weighted by Crippen LogP contribution is 2.34. The molecule has 0 aliphatic carbocycles. The first-order valence-electron chi connectivity index (χ1n) is 14.6. The lowest BCUT2D eigenvalue weighted by Crippen LogP contribution is -1.97. The van der Waals surface area contributed by atoms with Crippen LogP contribution in [0.4, 0.5) is 0 Å². The molecule has 1 rings (SSSR count). The lowest BCUT2D eigenvalue weighted by atomic mass is 9.87. The second-order valence-electron chi connectivity index (χ2n) is 10.0. The van der Waals surface area contributed by atoms with E-state index in [9.17, 15) is 0 Å². The molecule has 0 saturated carbocycles. The Morgan fingerprint density at radius 2 is 1.40 bits per heavy atom. The summed E-state index contributed by atoms with van der Waals surface area (Å²) in [5.41, 5.74) is 12.3. The second kappa shape index (κ2) is 19.6. The highest BCUT2D eigenvalue weighted by molar-refractivity contribution is 5.89. The molecule has 42 heavy (non-hydrogen) atoms. The lowest BCUT2D eigenvalue weighted by Gasteiger charge is -2.17. The molecular formula is C42H50. The van der Waals surface area contributed by atoms with Gasteiger partial charge in [0.15, 0.2) is 0 Å². The van der Waals surface area contributed by atoms with Gasteiger partial charge in [0, 0.05) is 0 Å². The minimum atomic E-state index is 0.843. The highest BCUT2D eigenvalue weighted by atomic mass is 14.2. The summed E-state index contributed by atoms with van der Waals surface area (Å²) in [4.78, 5) is 0. The summed E-state index contributed by atoms with van der Waals surface area (Å²) < 4.78 is 0. The van der Waals surface area contributed by atoms with Gasteiger partial charge < -0.3 is 0 Å². The molecule has 0 aromatic heterocycles. The standard InChI is InChI=1S/C42H50/c1-12-18-23-32(7)26-30-39-24-19-20-25-41(39)42(40(17-6)33(8)15-4)36(11)28-27-34(9)37(16-5)31-29-35(10)38(21-13-2)22-14-3/h12-15,17-31H,2,4,6,8,16H2,1,3,5,7,9-11H3/b18-12+,22-14-,30-26-,32-23-,34-27+,35-29+,36-28+,37-31+,38-21+,42-40-. The predicted molar refractivity (Wildman–Crippen MR) is 193 cm³/mol. The van der Waals surface area contributed by atoms with Gasteiger partial charge in [-0.25, -0.2) is 0 Å². The van der Waals surface area contributed by atoms with E-state index in [2.05, 4.69) is 146 Å². The van der Waals surface area contributed by atoms with Crippen LogP contribution in [0.15, 0.2) is 180 Å². The fourth-order valence-electron chi connectivity index (χ4n) is 4.38. The molecular weight excluding hydrogens is 504 g/mol. The van der Waals surface area contributed by atoms with E-state index in [1.807, 2.05) is 38.2 Å². The van der Waals surface area contributed by atoms with Crippen LogP contribution in [-0.2, 0) is 0 Å². The van der Waals surface area contributed by atoms with E-state index in [1.165, 1.54) is 22.3 Å². The lowest BCUT2D eigenvalue weighted by molar-refractivity contribution is 1.10. The summed E-state index contributed by atoms with van der Waals surface area (Å²) >= 11 is 0. The zero-order chi connectivity index (χ0) is 31.5. The third-order valence-corrected chi connectivity index (χ3v) is 6.87. The Hall–Kier alpha value is -4.42. The fraction of sp³-hybridized carbons (Fsp3) is 0.190. The Bertz CT molecular complexity index is 1440. The summed E-state index contributed by atoms with van der Waals surface area (Å²) in [6.45, 7) is 31.1. The van der Waals surface area contributed by atoms with E-state index in [0.717, 1.165) is 45.4 Å². The summed E-state index contributed by atoms with van der Waals surface area (Å²) in [6, 6.07) is 8.47. The zero-order valence-electron chi connectivity index (χ0n) is 27.0. The normalized spacial score (nSPS) is 15.0. The molecule has 0 bridgehead atoms. The average molecular weight is 555 g/mol. The van der Waals surface area contributed by atoms with Gasteiger partial charge in [-0.2, -0.15) is 0 Å². The molecule has 1 aromatic rings. The highest BCUT2D eigenvalue weighted by Gasteiger charge is 2.13. The van der Waals surface area contributed by atoms with Crippen LogP contribution < -0.4 is 0 Å². The van der Waals surface area contributed by atoms with Crippen molar-refractivity contribution in [2.75, 3.05) is 0 Å². The van der Waals surface area contributed by atoms with Gasteiger partial charge in [0.2, 0.25) is 0 Å². The van der Waals surface area contributed by atoms with Crippen LogP contribution in [0.2, 0.25) is 0 Å². The van der Waals surface area contributed by atoms with Gasteiger partial charge in [0.25, 0.3) is 0 Å². The van der Waals surface area contributed by atoms with Crippen molar-refractivity contribution in [3.05, 3.63) is 191 Å². The predicted octanol–water partition coefficient (Wildman–Crippen LogP) is 12.8. The van der Waals surface area contributed by atoms with Crippen LogP contribution in [0, 0.1) is 0 Å². The van der Waals surface area contributed by atoms with Crippen molar-refractivity contribution in [2.45, 2.75) is 54.9 Å². The Kier molecular flexibility index (Phi) is 16.6. The van der Waals surface area contributed by atoms with Crippen molar-refractivity contribution in [2.24, 2.45) is 0 Å². The van der Waals surface area contributed by atoms with Crippen LogP contribution in [-0.4, -0.2) is 0 Å². The molecule has 0 amide bonds. The van der Waals surface area contributed by atoms with Gasteiger partial charge in [-0.05, 0) is 104 Å². The summed E-state index contributed by atoms with van der Waals surface area (Å²) in [5.74, 6) is 0. The first-order valence-corrected chi connectivity index (χ1v) is 14.6. The molecule has 218 valence electrons. The van der Waals surface area contributed by atoms with E-state index in [1.54, 1.807) is 6.08 Å². The molecule has 0 unspecified atom stereocenters. The van der Waals surface area contributed by atoms with E-state index in [4.69, 9.17) is 0 Å². The summed E-state index contributed by atoms with van der Waals surface area (Å²) in [7, 11) is 0. The molecule has 1 aromatic carbocycles. The first kappa shape index (κ1) is 35.6. The van der Waals surface area contributed by atoms with Crippen molar-refractivity contribution in [3.8, 4) is 0 Å². The van der Waals surface area contributed by atoms with Gasteiger partial charge in [-0.15, -0.1) is 0 Å². The van der Waals surface area contributed by atoms with Crippen molar-refractivity contribution in [1.82, 2.24) is 0 Å². The minimum absolute atomic E-state index is 0.843. The molecule has 0 fully saturated rings.